The van der Waals surface area contributed by atoms with Gasteiger partial charge in [0.05, 0.1) is 5.75 Å². The average molecular weight is 313 g/mol. The first-order valence-corrected chi connectivity index (χ1v) is 8.34. The Morgan fingerprint density at radius 1 is 1.24 bits per heavy atom. The Balaban J connectivity index is 2.62. The van der Waals surface area contributed by atoms with Crippen LogP contribution in [0.2, 0.25) is 0 Å². The fourth-order valence-electron chi connectivity index (χ4n) is 1.63. The lowest BCUT2D eigenvalue weighted by atomic mass is 9.85. The molecular formula is C14H23N3O3S. The molecule has 0 saturated carbocycles. The van der Waals surface area contributed by atoms with Crippen molar-refractivity contribution in [2.75, 3.05) is 5.32 Å². The van der Waals surface area contributed by atoms with E-state index in [0.717, 1.165) is 0 Å². The summed E-state index contributed by atoms with van der Waals surface area (Å²) in [5, 5.41) is 7.71. The van der Waals surface area contributed by atoms with E-state index >= 15 is 0 Å². The molecule has 0 saturated heterocycles. The first-order valence-electron chi connectivity index (χ1n) is 6.62. The third-order valence-corrected chi connectivity index (χ3v) is 3.86. The lowest BCUT2D eigenvalue weighted by molar-refractivity contribution is -0.117. The highest BCUT2D eigenvalue weighted by atomic mass is 32.2. The van der Waals surface area contributed by atoms with E-state index in [9.17, 15) is 13.2 Å². The molecule has 21 heavy (non-hydrogen) atoms. The fraction of sp³-hybridized carbons (Fsp3) is 0.500. The molecule has 0 aliphatic carbocycles. The molecule has 1 aromatic carbocycles. The van der Waals surface area contributed by atoms with Gasteiger partial charge in [-0.1, -0.05) is 32.9 Å². The summed E-state index contributed by atoms with van der Waals surface area (Å²) in [6, 6.07) is 6.27. The molecule has 0 radical (unpaired) electrons. The van der Waals surface area contributed by atoms with Crippen molar-refractivity contribution in [1.29, 1.82) is 0 Å². The van der Waals surface area contributed by atoms with E-state index in [1.54, 1.807) is 24.3 Å². The van der Waals surface area contributed by atoms with Crippen molar-refractivity contribution in [3.05, 3.63) is 29.8 Å². The minimum Gasteiger partial charge on any atom is -0.327 e. The van der Waals surface area contributed by atoms with Gasteiger partial charge in [0.25, 0.3) is 0 Å². The van der Waals surface area contributed by atoms with E-state index in [1.807, 2.05) is 20.8 Å². The van der Waals surface area contributed by atoms with Crippen molar-refractivity contribution in [2.24, 2.45) is 16.3 Å². The van der Waals surface area contributed by atoms with Crippen molar-refractivity contribution >= 4 is 21.6 Å². The summed E-state index contributed by atoms with van der Waals surface area (Å²) in [5.41, 5.74) is 6.98. The monoisotopic (exact) mass is 313 g/mol. The molecule has 0 bridgehead atoms. The van der Waals surface area contributed by atoms with Crippen LogP contribution in [-0.2, 0) is 20.6 Å². The zero-order chi connectivity index (χ0) is 16.3. The Kier molecular flexibility index (Phi) is 5.49. The number of hydrogen-bond donors (Lipinski definition) is 3. The van der Waals surface area contributed by atoms with Crippen molar-refractivity contribution in [2.45, 2.75) is 39.0 Å². The maximum Gasteiger partial charge on any atom is 0.225 e. The molecule has 1 amide bonds. The first kappa shape index (κ1) is 17.6. The van der Waals surface area contributed by atoms with Crippen LogP contribution in [0.3, 0.4) is 0 Å². The van der Waals surface area contributed by atoms with E-state index in [-0.39, 0.29) is 29.5 Å². The Labute approximate surface area is 126 Å². The van der Waals surface area contributed by atoms with Gasteiger partial charge in [0.2, 0.25) is 15.9 Å². The molecular weight excluding hydrogens is 290 g/mol. The van der Waals surface area contributed by atoms with Crippen LogP contribution in [0.4, 0.5) is 5.69 Å². The first-order chi connectivity index (χ1) is 9.47. The molecule has 0 fully saturated rings. The molecule has 1 aromatic rings. The maximum absolute atomic E-state index is 11.9. The molecule has 1 rings (SSSR count). The molecule has 0 spiro atoms. The second kappa shape index (κ2) is 6.55. The van der Waals surface area contributed by atoms with Gasteiger partial charge in [0.15, 0.2) is 0 Å². The van der Waals surface area contributed by atoms with Crippen LogP contribution in [-0.4, -0.2) is 20.4 Å². The number of sulfonamides is 1. The summed E-state index contributed by atoms with van der Waals surface area (Å²) in [5.74, 6) is -0.396. The topological polar surface area (TPSA) is 115 Å². The van der Waals surface area contributed by atoms with Crippen LogP contribution in [0, 0.1) is 5.41 Å². The normalized spacial score (nSPS) is 13.8. The quantitative estimate of drug-likeness (QED) is 0.757. The number of benzene rings is 1. The van der Waals surface area contributed by atoms with Crippen LogP contribution in [0.1, 0.15) is 32.8 Å². The maximum atomic E-state index is 11.9. The number of nitrogens with two attached hydrogens (primary N) is 2. The zero-order valence-corrected chi connectivity index (χ0v) is 13.4. The minimum atomic E-state index is -3.55. The minimum absolute atomic E-state index is 0.142. The van der Waals surface area contributed by atoms with Gasteiger partial charge in [-0.25, -0.2) is 13.6 Å². The highest BCUT2D eigenvalue weighted by Crippen LogP contribution is 2.20. The number of carbonyl (C=O) groups is 1. The predicted molar refractivity (Wildman–Crippen MR) is 83.9 cm³/mol. The van der Waals surface area contributed by atoms with Gasteiger partial charge in [-0.2, -0.15) is 0 Å². The Morgan fingerprint density at radius 3 is 2.19 bits per heavy atom. The summed E-state index contributed by atoms with van der Waals surface area (Å²) >= 11 is 0. The molecule has 0 aliphatic heterocycles. The van der Waals surface area contributed by atoms with E-state index in [4.69, 9.17) is 10.9 Å². The molecule has 7 heteroatoms. The number of amides is 1. The number of nitrogens with one attached hydrogen (secondary N) is 1. The van der Waals surface area contributed by atoms with Crippen molar-refractivity contribution in [1.82, 2.24) is 0 Å². The van der Waals surface area contributed by atoms with E-state index < -0.39 is 10.0 Å². The number of rotatable bonds is 5. The molecule has 1 unspecified atom stereocenters. The third-order valence-electron chi connectivity index (χ3n) is 3.12. The van der Waals surface area contributed by atoms with Gasteiger partial charge in [0.1, 0.15) is 0 Å². The number of primary sulfonamides is 1. The highest BCUT2D eigenvalue weighted by Gasteiger charge is 2.23. The van der Waals surface area contributed by atoms with E-state index in [2.05, 4.69) is 5.32 Å². The lowest BCUT2D eigenvalue weighted by Gasteiger charge is -2.26. The molecule has 6 nitrogen and oxygen atoms in total. The number of hydrogen-bond acceptors (Lipinski definition) is 4. The third kappa shape index (κ3) is 6.70. The summed E-state index contributed by atoms with van der Waals surface area (Å²) in [6.45, 7) is 5.94. The number of anilines is 1. The summed E-state index contributed by atoms with van der Waals surface area (Å²) in [4.78, 5) is 11.9. The molecule has 118 valence electrons. The predicted octanol–water partition coefficient (Wildman–Crippen LogP) is 1.18. The largest absolute Gasteiger partial charge is 0.327 e. The van der Waals surface area contributed by atoms with Gasteiger partial charge in [-0.15, -0.1) is 0 Å². The van der Waals surface area contributed by atoms with Crippen LogP contribution in [0.5, 0.6) is 0 Å². The highest BCUT2D eigenvalue weighted by molar-refractivity contribution is 7.88. The second-order valence-electron chi connectivity index (χ2n) is 6.23. The average Bonchev–Trinajstić information content (AvgIpc) is 2.28. The molecule has 0 aliphatic rings. The van der Waals surface area contributed by atoms with E-state index in [1.165, 1.54) is 0 Å². The Morgan fingerprint density at radius 2 is 1.76 bits per heavy atom. The van der Waals surface area contributed by atoms with Gasteiger partial charge in [-0.05, 0) is 23.1 Å². The molecule has 0 aromatic heterocycles. The zero-order valence-electron chi connectivity index (χ0n) is 12.6. The van der Waals surface area contributed by atoms with Gasteiger partial charge >= 0.3 is 0 Å². The van der Waals surface area contributed by atoms with Crippen molar-refractivity contribution < 1.29 is 13.2 Å². The van der Waals surface area contributed by atoms with Crippen molar-refractivity contribution in [3.8, 4) is 0 Å². The van der Waals surface area contributed by atoms with Crippen LogP contribution >= 0.6 is 0 Å². The molecule has 1 atom stereocenters. The van der Waals surface area contributed by atoms with Crippen LogP contribution in [0.25, 0.3) is 0 Å². The smallest absolute Gasteiger partial charge is 0.225 e. The summed E-state index contributed by atoms with van der Waals surface area (Å²) < 4.78 is 21.9. The fourth-order valence-corrected chi connectivity index (χ4v) is 2.29. The SMILES string of the molecule is CC(C)(C)C(N)CC(=O)Nc1ccc(CS(N)(=O)=O)cc1. The van der Waals surface area contributed by atoms with Gasteiger partial charge < -0.3 is 11.1 Å². The van der Waals surface area contributed by atoms with Crippen LogP contribution in [0.15, 0.2) is 24.3 Å². The summed E-state index contributed by atoms with van der Waals surface area (Å²) in [6.07, 6.45) is 0.225. The Hall–Kier alpha value is -1.44. The molecule has 5 N–H and O–H groups in total. The van der Waals surface area contributed by atoms with Gasteiger partial charge in [-0.3, -0.25) is 4.79 Å². The standard InChI is InChI=1S/C14H23N3O3S/c1-14(2,3)12(15)8-13(18)17-11-6-4-10(5-7-11)9-21(16,19)20/h4-7,12H,8-9,15H2,1-3H3,(H,17,18)(H2,16,19,20). The van der Waals surface area contributed by atoms with Crippen molar-refractivity contribution in [3.63, 3.8) is 0 Å². The molecule has 0 heterocycles. The number of carbonyl (C=O) groups excluding carboxylic acids is 1. The second-order valence-corrected chi connectivity index (χ2v) is 7.84. The van der Waals surface area contributed by atoms with E-state index in [0.29, 0.717) is 11.3 Å². The lowest BCUT2D eigenvalue weighted by Crippen LogP contribution is -2.38. The van der Waals surface area contributed by atoms with Gasteiger partial charge in [0, 0.05) is 18.2 Å². The van der Waals surface area contributed by atoms with Crippen LogP contribution < -0.4 is 16.2 Å². The summed E-state index contributed by atoms with van der Waals surface area (Å²) in [7, 11) is -3.55. The Bertz CT molecular complexity index is 589.